The summed E-state index contributed by atoms with van der Waals surface area (Å²) in [7, 11) is 0. The summed E-state index contributed by atoms with van der Waals surface area (Å²) in [6, 6.07) is 10.8. The molecule has 0 spiro atoms. The molecule has 2 aromatic carbocycles. The van der Waals surface area contributed by atoms with Crippen molar-refractivity contribution in [3.05, 3.63) is 62.6 Å². The van der Waals surface area contributed by atoms with Crippen LogP contribution in [0.25, 0.3) is 10.9 Å². The predicted molar refractivity (Wildman–Crippen MR) is 97.6 cm³/mol. The molecule has 0 aliphatic rings. The highest BCUT2D eigenvalue weighted by atomic mass is 35.5. The fourth-order valence-corrected chi connectivity index (χ4v) is 3.04. The molecular formula is C17H13Cl3N2O. The SMILES string of the molecule is Oc1[nH]c2ccc(Cl)cc2c1C=NCCc1ccc(Cl)cc1Cl. The van der Waals surface area contributed by atoms with Crippen LogP contribution in [-0.2, 0) is 6.42 Å². The molecule has 0 amide bonds. The largest absolute Gasteiger partial charge is 0.494 e. The number of benzene rings is 2. The van der Waals surface area contributed by atoms with Gasteiger partial charge < -0.3 is 10.1 Å². The van der Waals surface area contributed by atoms with Crippen LogP contribution >= 0.6 is 34.8 Å². The molecule has 0 saturated carbocycles. The second kappa shape index (κ2) is 6.83. The number of halogens is 3. The van der Waals surface area contributed by atoms with Gasteiger partial charge in [0.2, 0.25) is 0 Å². The zero-order valence-corrected chi connectivity index (χ0v) is 14.3. The van der Waals surface area contributed by atoms with Crippen LogP contribution in [0.3, 0.4) is 0 Å². The molecule has 2 N–H and O–H groups in total. The molecule has 0 aliphatic heterocycles. The molecule has 6 heteroatoms. The van der Waals surface area contributed by atoms with E-state index in [4.69, 9.17) is 34.8 Å². The van der Waals surface area contributed by atoms with Crippen LogP contribution in [0.2, 0.25) is 15.1 Å². The van der Waals surface area contributed by atoms with Gasteiger partial charge >= 0.3 is 0 Å². The van der Waals surface area contributed by atoms with Crippen LogP contribution in [0.4, 0.5) is 0 Å². The van der Waals surface area contributed by atoms with Crippen LogP contribution in [0.1, 0.15) is 11.1 Å². The zero-order valence-electron chi connectivity index (χ0n) is 12.0. The zero-order chi connectivity index (χ0) is 16.4. The van der Waals surface area contributed by atoms with Gasteiger partial charge in [-0.2, -0.15) is 0 Å². The summed E-state index contributed by atoms with van der Waals surface area (Å²) in [6.07, 6.45) is 2.34. The van der Waals surface area contributed by atoms with Crippen LogP contribution in [-0.4, -0.2) is 22.8 Å². The van der Waals surface area contributed by atoms with E-state index in [9.17, 15) is 5.11 Å². The molecule has 1 aromatic heterocycles. The third-order valence-corrected chi connectivity index (χ3v) is 4.35. The lowest BCUT2D eigenvalue weighted by molar-refractivity contribution is 0.457. The highest BCUT2D eigenvalue weighted by Gasteiger charge is 2.09. The number of rotatable bonds is 4. The van der Waals surface area contributed by atoms with Gasteiger partial charge in [0.15, 0.2) is 5.88 Å². The second-order valence-corrected chi connectivity index (χ2v) is 6.38. The average molecular weight is 368 g/mol. The fourth-order valence-electron chi connectivity index (χ4n) is 2.37. The standard InChI is InChI=1S/C17H13Cl3N2O/c18-11-3-4-16-13(7-11)14(17(23)22-16)9-21-6-5-10-1-2-12(19)8-15(10)20/h1-4,7-9,22-23H,5-6H2. The number of hydrogen-bond donors (Lipinski definition) is 2. The number of fused-ring (bicyclic) bond motifs is 1. The van der Waals surface area contributed by atoms with Crippen molar-refractivity contribution in [1.29, 1.82) is 0 Å². The van der Waals surface area contributed by atoms with Crippen LogP contribution in [0.5, 0.6) is 5.88 Å². The topological polar surface area (TPSA) is 48.4 Å². The Kier molecular flexibility index (Phi) is 4.81. The summed E-state index contributed by atoms with van der Waals surface area (Å²) in [5.74, 6) is 0.0792. The Bertz CT molecular complexity index is 887. The van der Waals surface area contributed by atoms with Crippen molar-refractivity contribution in [2.45, 2.75) is 6.42 Å². The molecule has 118 valence electrons. The van der Waals surface area contributed by atoms with Crippen molar-refractivity contribution < 1.29 is 5.11 Å². The maximum atomic E-state index is 9.99. The van der Waals surface area contributed by atoms with E-state index in [0.29, 0.717) is 33.6 Å². The first kappa shape index (κ1) is 16.2. The Labute approximate surface area is 148 Å². The van der Waals surface area contributed by atoms with Crippen molar-refractivity contribution in [2.24, 2.45) is 4.99 Å². The predicted octanol–water partition coefficient (Wildman–Crippen LogP) is 5.50. The lowest BCUT2D eigenvalue weighted by atomic mass is 10.1. The van der Waals surface area contributed by atoms with Gasteiger partial charge in [-0.1, -0.05) is 40.9 Å². The van der Waals surface area contributed by atoms with Gasteiger partial charge in [0, 0.05) is 38.7 Å². The molecule has 3 rings (SSSR count). The normalized spacial score (nSPS) is 11.6. The highest BCUT2D eigenvalue weighted by Crippen LogP contribution is 2.28. The number of hydrogen-bond acceptors (Lipinski definition) is 2. The minimum absolute atomic E-state index is 0.0792. The molecule has 0 saturated heterocycles. The van der Waals surface area contributed by atoms with E-state index in [-0.39, 0.29) is 5.88 Å². The molecule has 0 atom stereocenters. The first-order valence-corrected chi connectivity index (χ1v) is 8.12. The van der Waals surface area contributed by atoms with Gasteiger partial charge in [-0.05, 0) is 42.3 Å². The molecule has 0 unspecified atom stereocenters. The summed E-state index contributed by atoms with van der Waals surface area (Å²) >= 11 is 18.0. The van der Waals surface area contributed by atoms with Crippen LogP contribution in [0.15, 0.2) is 41.4 Å². The maximum absolute atomic E-state index is 9.99. The Morgan fingerprint density at radius 1 is 1.04 bits per heavy atom. The minimum atomic E-state index is 0.0792. The van der Waals surface area contributed by atoms with Gasteiger partial charge in [-0.25, -0.2) is 0 Å². The fraction of sp³-hybridized carbons (Fsp3) is 0.118. The quantitative estimate of drug-likeness (QED) is 0.588. The van der Waals surface area contributed by atoms with Crippen molar-refractivity contribution in [3.8, 4) is 5.88 Å². The summed E-state index contributed by atoms with van der Waals surface area (Å²) in [5, 5.41) is 12.7. The van der Waals surface area contributed by atoms with Crippen LogP contribution < -0.4 is 0 Å². The van der Waals surface area contributed by atoms with Gasteiger partial charge in [-0.3, -0.25) is 4.99 Å². The summed E-state index contributed by atoms with van der Waals surface area (Å²) < 4.78 is 0. The van der Waals surface area contributed by atoms with E-state index >= 15 is 0 Å². The molecule has 3 nitrogen and oxygen atoms in total. The first-order chi connectivity index (χ1) is 11.0. The van der Waals surface area contributed by atoms with Gasteiger partial charge in [-0.15, -0.1) is 0 Å². The monoisotopic (exact) mass is 366 g/mol. The van der Waals surface area contributed by atoms with E-state index in [1.54, 1.807) is 30.5 Å². The lowest BCUT2D eigenvalue weighted by Gasteiger charge is -2.02. The number of aromatic nitrogens is 1. The third kappa shape index (κ3) is 3.63. The Hall–Kier alpha value is -1.68. The number of nitrogens with zero attached hydrogens (tertiary/aromatic N) is 1. The molecule has 0 radical (unpaired) electrons. The lowest BCUT2D eigenvalue weighted by Crippen LogP contribution is -1.92. The van der Waals surface area contributed by atoms with Crippen molar-refractivity contribution >= 4 is 51.9 Å². The van der Waals surface area contributed by atoms with Gasteiger partial charge in [0.25, 0.3) is 0 Å². The molecule has 0 fully saturated rings. The third-order valence-electron chi connectivity index (χ3n) is 3.53. The van der Waals surface area contributed by atoms with Gasteiger partial charge in [0.05, 0.1) is 5.56 Å². The van der Waals surface area contributed by atoms with E-state index < -0.39 is 0 Å². The van der Waals surface area contributed by atoms with E-state index in [1.165, 1.54) is 0 Å². The van der Waals surface area contributed by atoms with Crippen LogP contribution in [0, 0.1) is 0 Å². The second-order valence-electron chi connectivity index (χ2n) is 5.10. The average Bonchev–Trinajstić information content (AvgIpc) is 2.81. The highest BCUT2D eigenvalue weighted by molar-refractivity contribution is 6.35. The van der Waals surface area contributed by atoms with Gasteiger partial charge in [0.1, 0.15) is 0 Å². The maximum Gasteiger partial charge on any atom is 0.198 e. The van der Waals surface area contributed by atoms with E-state index in [2.05, 4.69) is 9.98 Å². The van der Waals surface area contributed by atoms with Crippen molar-refractivity contribution in [3.63, 3.8) is 0 Å². The smallest absolute Gasteiger partial charge is 0.198 e. The molecule has 0 bridgehead atoms. The Balaban J connectivity index is 1.75. The van der Waals surface area contributed by atoms with Crippen molar-refractivity contribution in [2.75, 3.05) is 6.54 Å². The minimum Gasteiger partial charge on any atom is -0.494 e. The summed E-state index contributed by atoms with van der Waals surface area (Å²) in [5.41, 5.74) is 2.43. The molecule has 23 heavy (non-hydrogen) atoms. The molecule has 3 aromatic rings. The summed E-state index contributed by atoms with van der Waals surface area (Å²) in [4.78, 5) is 7.27. The van der Waals surface area contributed by atoms with E-state index in [1.807, 2.05) is 12.1 Å². The van der Waals surface area contributed by atoms with E-state index in [0.717, 1.165) is 16.5 Å². The molecule has 0 aliphatic carbocycles. The Morgan fingerprint density at radius 3 is 2.57 bits per heavy atom. The summed E-state index contributed by atoms with van der Waals surface area (Å²) in [6.45, 7) is 0.550. The molecular weight excluding hydrogens is 355 g/mol. The number of aromatic hydroxyl groups is 1. The number of aliphatic imine (C=N–C) groups is 1. The number of H-pyrrole nitrogens is 1. The number of nitrogens with one attached hydrogen (secondary N) is 1. The Morgan fingerprint density at radius 2 is 1.78 bits per heavy atom. The first-order valence-electron chi connectivity index (χ1n) is 6.98. The number of aromatic amines is 1. The molecule has 1 heterocycles. The van der Waals surface area contributed by atoms with Crippen molar-refractivity contribution in [1.82, 2.24) is 4.98 Å².